The lowest BCUT2D eigenvalue weighted by molar-refractivity contribution is -0.122. The Hall–Kier alpha value is -1.78. The van der Waals surface area contributed by atoms with Crippen LogP contribution in [0.4, 0.5) is 5.69 Å². The molecule has 1 saturated carbocycles. The third kappa shape index (κ3) is 3.12. The van der Waals surface area contributed by atoms with Gasteiger partial charge in [-0.05, 0) is 31.2 Å². The zero-order chi connectivity index (χ0) is 13.1. The predicted octanol–water partition coefficient (Wildman–Crippen LogP) is 0.735. The summed E-state index contributed by atoms with van der Waals surface area (Å²) in [5, 5.41) is 2.96. The first kappa shape index (κ1) is 12.7. The fraction of sp³-hybridized carbons (Fsp3) is 0.538. The molecule has 5 heteroatoms. The first-order chi connectivity index (χ1) is 8.54. The van der Waals surface area contributed by atoms with E-state index in [9.17, 15) is 9.59 Å². The fourth-order valence-electron chi connectivity index (χ4n) is 2.44. The van der Waals surface area contributed by atoms with Gasteiger partial charge in [-0.1, -0.05) is 6.92 Å². The zero-order valence-electron chi connectivity index (χ0n) is 10.6. The van der Waals surface area contributed by atoms with Gasteiger partial charge in [0.1, 0.15) is 6.54 Å². The summed E-state index contributed by atoms with van der Waals surface area (Å²) >= 11 is 0. The highest BCUT2D eigenvalue weighted by Crippen LogP contribution is 2.24. The van der Waals surface area contributed by atoms with Crippen LogP contribution in [0, 0.1) is 5.92 Å². The molecule has 0 aliphatic heterocycles. The third-order valence-corrected chi connectivity index (χ3v) is 3.38. The van der Waals surface area contributed by atoms with Gasteiger partial charge in [0.25, 0.3) is 5.56 Å². The number of anilines is 1. The van der Waals surface area contributed by atoms with Gasteiger partial charge in [-0.25, -0.2) is 0 Å². The van der Waals surface area contributed by atoms with Crippen LogP contribution < -0.4 is 16.6 Å². The number of amides is 1. The van der Waals surface area contributed by atoms with Crippen molar-refractivity contribution in [1.82, 2.24) is 9.88 Å². The van der Waals surface area contributed by atoms with E-state index in [1.54, 1.807) is 0 Å². The largest absolute Gasteiger partial charge is 0.398 e. The van der Waals surface area contributed by atoms with Crippen molar-refractivity contribution in [2.45, 2.75) is 38.8 Å². The average molecular weight is 249 g/mol. The fourth-order valence-corrected chi connectivity index (χ4v) is 2.44. The predicted molar refractivity (Wildman–Crippen MR) is 70.1 cm³/mol. The average Bonchev–Trinajstić information content (AvgIpc) is 2.69. The summed E-state index contributed by atoms with van der Waals surface area (Å²) in [4.78, 5) is 23.4. The summed E-state index contributed by atoms with van der Waals surface area (Å²) < 4.78 is 1.34. The Balaban J connectivity index is 1.95. The van der Waals surface area contributed by atoms with Crippen LogP contribution in [0.25, 0.3) is 0 Å². The van der Waals surface area contributed by atoms with E-state index in [1.165, 1.54) is 22.9 Å². The normalized spacial score (nSPS) is 22.9. The van der Waals surface area contributed by atoms with E-state index in [-0.39, 0.29) is 24.1 Å². The minimum Gasteiger partial charge on any atom is -0.398 e. The van der Waals surface area contributed by atoms with Crippen LogP contribution >= 0.6 is 0 Å². The van der Waals surface area contributed by atoms with Gasteiger partial charge >= 0.3 is 0 Å². The van der Waals surface area contributed by atoms with Gasteiger partial charge in [-0.15, -0.1) is 0 Å². The topological polar surface area (TPSA) is 77.1 Å². The van der Waals surface area contributed by atoms with E-state index in [2.05, 4.69) is 12.2 Å². The molecule has 1 aliphatic rings. The number of carbonyl (C=O) groups excluding carboxylic acids is 1. The molecule has 2 unspecified atom stereocenters. The second-order valence-electron chi connectivity index (χ2n) is 5.11. The summed E-state index contributed by atoms with van der Waals surface area (Å²) in [7, 11) is 0. The Morgan fingerprint density at radius 1 is 1.50 bits per heavy atom. The molecule has 0 aromatic carbocycles. The van der Waals surface area contributed by atoms with Crippen LogP contribution in [-0.2, 0) is 11.3 Å². The summed E-state index contributed by atoms with van der Waals surface area (Å²) in [6.07, 6.45) is 4.71. The Bertz CT molecular complexity index is 495. The van der Waals surface area contributed by atoms with Gasteiger partial charge in [0.2, 0.25) is 5.91 Å². The van der Waals surface area contributed by atoms with E-state index in [1.807, 2.05) is 0 Å². The molecule has 1 amide bonds. The Morgan fingerprint density at radius 3 is 2.94 bits per heavy atom. The number of carbonyl (C=O) groups is 1. The number of pyridine rings is 1. The van der Waals surface area contributed by atoms with Gasteiger partial charge < -0.3 is 15.6 Å². The second-order valence-corrected chi connectivity index (χ2v) is 5.11. The number of nitrogens with two attached hydrogens (primary N) is 1. The quantitative estimate of drug-likeness (QED) is 0.829. The van der Waals surface area contributed by atoms with Crippen LogP contribution in [0.3, 0.4) is 0 Å². The smallest absolute Gasteiger partial charge is 0.251 e. The van der Waals surface area contributed by atoms with E-state index < -0.39 is 0 Å². The summed E-state index contributed by atoms with van der Waals surface area (Å²) in [5.74, 6) is 0.548. The third-order valence-electron chi connectivity index (χ3n) is 3.38. The number of nitrogens with zero attached hydrogens (tertiary/aromatic N) is 1. The van der Waals surface area contributed by atoms with Crippen molar-refractivity contribution in [3.8, 4) is 0 Å². The number of nitrogens with one attached hydrogen (secondary N) is 1. The lowest BCUT2D eigenvalue weighted by Gasteiger charge is -2.13. The first-order valence-electron chi connectivity index (χ1n) is 6.30. The Morgan fingerprint density at radius 2 is 2.28 bits per heavy atom. The molecule has 1 aliphatic carbocycles. The van der Waals surface area contributed by atoms with E-state index in [0.29, 0.717) is 11.6 Å². The number of aromatic nitrogens is 1. The van der Waals surface area contributed by atoms with Crippen LogP contribution in [0.1, 0.15) is 26.2 Å². The van der Waals surface area contributed by atoms with Crippen molar-refractivity contribution in [3.05, 3.63) is 28.7 Å². The monoisotopic (exact) mass is 249 g/mol. The lowest BCUT2D eigenvalue weighted by Crippen LogP contribution is -2.37. The van der Waals surface area contributed by atoms with Crippen molar-refractivity contribution >= 4 is 11.6 Å². The highest BCUT2D eigenvalue weighted by atomic mass is 16.2. The summed E-state index contributed by atoms with van der Waals surface area (Å²) in [6.45, 7) is 2.23. The minimum atomic E-state index is -0.209. The van der Waals surface area contributed by atoms with E-state index in [4.69, 9.17) is 5.73 Å². The molecule has 1 aromatic heterocycles. The van der Waals surface area contributed by atoms with Crippen molar-refractivity contribution in [3.63, 3.8) is 0 Å². The van der Waals surface area contributed by atoms with Crippen LogP contribution in [0.15, 0.2) is 23.1 Å². The molecular weight excluding hydrogens is 230 g/mol. The second kappa shape index (κ2) is 5.25. The Labute approximate surface area is 106 Å². The maximum Gasteiger partial charge on any atom is 0.251 e. The highest BCUT2D eigenvalue weighted by Gasteiger charge is 2.22. The molecular formula is C13H19N3O2. The number of rotatable bonds is 3. The van der Waals surface area contributed by atoms with Crippen LogP contribution in [0.5, 0.6) is 0 Å². The first-order valence-corrected chi connectivity index (χ1v) is 6.30. The maximum atomic E-state index is 11.8. The molecule has 1 fully saturated rings. The molecule has 3 N–H and O–H groups in total. The molecule has 0 bridgehead atoms. The molecule has 0 spiro atoms. The van der Waals surface area contributed by atoms with Gasteiger partial charge in [0.05, 0.1) is 0 Å². The van der Waals surface area contributed by atoms with Crippen molar-refractivity contribution in [1.29, 1.82) is 0 Å². The maximum absolute atomic E-state index is 11.8. The molecule has 18 heavy (non-hydrogen) atoms. The van der Waals surface area contributed by atoms with Crippen molar-refractivity contribution in [2.24, 2.45) is 5.92 Å². The van der Waals surface area contributed by atoms with Crippen LogP contribution in [-0.4, -0.2) is 16.5 Å². The molecule has 0 radical (unpaired) electrons. The van der Waals surface area contributed by atoms with E-state index >= 15 is 0 Å². The molecule has 2 rings (SSSR count). The number of nitrogen functional groups attached to an aromatic ring is 1. The van der Waals surface area contributed by atoms with Crippen LogP contribution in [0.2, 0.25) is 0 Å². The van der Waals surface area contributed by atoms with E-state index in [0.717, 1.165) is 19.3 Å². The van der Waals surface area contributed by atoms with Gasteiger partial charge in [-0.3, -0.25) is 9.59 Å². The number of hydrogen-bond acceptors (Lipinski definition) is 3. The molecule has 98 valence electrons. The van der Waals surface area contributed by atoms with Gasteiger partial charge in [0, 0.05) is 24.0 Å². The SMILES string of the molecule is CC1CCC(NC(=O)Cn2cc(N)ccc2=O)C1. The van der Waals surface area contributed by atoms with Gasteiger partial charge in [0.15, 0.2) is 0 Å². The van der Waals surface area contributed by atoms with Crippen molar-refractivity contribution in [2.75, 3.05) is 5.73 Å². The Kier molecular flexibility index (Phi) is 3.69. The zero-order valence-corrected chi connectivity index (χ0v) is 10.6. The molecule has 1 aromatic rings. The minimum absolute atomic E-state index is 0.0365. The molecule has 1 heterocycles. The molecule has 5 nitrogen and oxygen atoms in total. The highest BCUT2D eigenvalue weighted by molar-refractivity contribution is 5.76. The number of hydrogen-bond donors (Lipinski definition) is 2. The molecule has 0 saturated heterocycles. The summed E-state index contributed by atoms with van der Waals surface area (Å²) in [5.41, 5.74) is 5.87. The van der Waals surface area contributed by atoms with Gasteiger partial charge in [-0.2, -0.15) is 0 Å². The summed E-state index contributed by atoms with van der Waals surface area (Å²) in [6, 6.07) is 3.17. The standard InChI is InChI=1S/C13H19N3O2/c1-9-2-4-11(6-9)15-12(17)8-16-7-10(14)3-5-13(16)18/h3,5,7,9,11H,2,4,6,8,14H2,1H3,(H,15,17). The van der Waals surface area contributed by atoms with Crippen molar-refractivity contribution < 1.29 is 4.79 Å². The molecule has 2 atom stereocenters. The lowest BCUT2D eigenvalue weighted by atomic mass is 10.1.